The highest BCUT2D eigenvalue weighted by atomic mass is 16.5. The maximum absolute atomic E-state index is 13.3. The Kier molecular flexibility index (Phi) is 5.73. The van der Waals surface area contributed by atoms with E-state index in [-0.39, 0.29) is 12.0 Å². The number of nitrogens with zero attached hydrogens (tertiary/aromatic N) is 4. The molecule has 2 fully saturated rings. The van der Waals surface area contributed by atoms with Crippen molar-refractivity contribution in [3.63, 3.8) is 0 Å². The summed E-state index contributed by atoms with van der Waals surface area (Å²) in [4.78, 5) is 31.3. The van der Waals surface area contributed by atoms with Crippen molar-refractivity contribution in [3.8, 4) is 11.3 Å². The monoisotopic (exact) mass is 459 g/mol. The van der Waals surface area contributed by atoms with E-state index in [4.69, 9.17) is 14.7 Å². The van der Waals surface area contributed by atoms with Gasteiger partial charge >= 0.3 is 0 Å². The number of nitrogens with one attached hydrogen (secondary N) is 1. The van der Waals surface area contributed by atoms with Gasteiger partial charge in [0.05, 0.1) is 37.2 Å². The predicted molar refractivity (Wildman–Crippen MR) is 133 cm³/mol. The maximum Gasteiger partial charge on any atom is 0.226 e. The van der Waals surface area contributed by atoms with E-state index in [0.29, 0.717) is 25.7 Å². The molecule has 3 aliphatic rings. The molecule has 1 atom stereocenters. The number of hydrogen-bond donors (Lipinski definition) is 1. The van der Waals surface area contributed by atoms with Crippen molar-refractivity contribution < 1.29 is 9.53 Å². The van der Waals surface area contributed by atoms with Gasteiger partial charge in [-0.25, -0.2) is 9.97 Å². The molecule has 178 valence electrons. The van der Waals surface area contributed by atoms with Crippen LogP contribution in [0.2, 0.25) is 0 Å². The molecule has 4 heterocycles. The lowest BCUT2D eigenvalue weighted by Gasteiger charge is -2.36. The lowest BCUT2D eigenvalue weighted by atomic mass is 9.87. The van der Waals surface area contributed by atoms with Gasteiger partial charge < -0.3 is 19.5 Å². The van der Waals surface area contributed by atoms with E-state index < -0.39 is 0 Å². The van der Waals surface area contributed by atoms with Gasteiger partial charge in [-0.05, 0) is 32.3 Å². The highest BCUT2D eigenvalue weighted by Crippen LogP contribution is 2.36. The Morgan fingerprint density at radius 3 is 2.82 bits per heavy atom. The number of para-hydroxylation sites is 1. The second-order valence-electron chi connectivity index (χ2n) is 10.0. The number of anilines is 1. The summed E-state index contributed by atoms with van der Waals surface area (Å²) in [6, 6.07) is 8.58. The van der Waals surface area contributed by atoms with Gasteiger partial charge in [-0.15, -0.1) is 0 Å². The molecule has 2 aliphatic heterocycles. The number of hydrogen-bond acceptors (Lipinski definition) is 5. The van der Waals surface area contributed by atoms with Gasteiger partial charge in [0.25, 0.3) is 0 Å². The molecule has 0 bridgehead atoms. The minimum absolute atomic E-state index is 0.184. The molecule has 1 saturated heterocycles. The van der Waals surface area contributed by atoms with Gasteiger partial charge in [0.1, 0.15) is 0 Å². The summed E-state index contributed by atoms with van der Waals surface area (Å²) >= 11 is 0. The molecule has 2 aromatic heterocycles. The van der Waals surface area contributed by atoms with Gasteiger partial charge in [0, 0.05) is 47.2 Å². The number of aromatic nitrogens is 3. The quantitative estimate of drug-likeness (QED) is 0.632. The van der Waals surface area contributed by atoms with Crippen LogP contribution in [0.1, 0.15) is 50.3 Å². The van der Waals surface area contributed by atoms with E-state index in [1.54, 1.807) is 0 Å². The first-order valence-corrected chi connectivity index (χ1v) is 12.8. The maximum atomic E-state index is 13.3. The van der Waals surface area contributed by atoms with Crippen LogP contribution in [0.25, 0.3) is 22.2 Å². The molecule has 7 heteroatoms. The number of amides is 1. The zero-order chi connectivity index (χ0) is 23.1. The van der Waals surface area contributed by atoms with Crippen molar-refractivity contribution in [1.29, 1.82) is 0 Å². The van der Waals surface area contributed by atoms with Crippen molar-refractivity contribution >= 4 is 22.8 Å². The van der Waals surface area contributed by atoms with Gasteiger partial charge in [-0.3, -0.25) is 4.79 Å². The molecule has 1 N–H and O–H groups in total. The average molecular weight is 460 g/mol. The molecule has 6 rings (SSSR count). The first-order chi connectivity index (χ1) is 16.7. The topological polar surface area (TPSA) is 74.3 Å². The normalized spacial score (nSPS) is 21.6. The number of aromatic amines is 1. The van der Waals surface area contributed by atoms with Crippen LogP contribution in [0, 0.1) is 5.92 Å². The molecule has 7 nitrogen and oxygen atoms in total. The van der Waals surface area contributed by atoms with E-state index in [1.165, 1.54) is 30.2 Å². The van der Waals surface area contributed by atoms with Gasteiger partial charge in [-0.2, -0.15) is 0 Å². The smallest absolute Gasteiger partial charge is 0.226 e. The third kappa shape index (κ3) is 3.86. The minimum atomic E-state index is 0.184. The Hall–Kier alpha value is -2.93. The van der Waals surface area contributed by atoms with E-state index >= 15 is 0 Å². The number of H-pyrrole nitrogens is 1. The second-order valence-corrected chi connectivity index (χ2v) is 10.0. The summed E-state index contributed by atoms with van der Waals surface area (Å²) in [5, 5.41) is 1.17. The van der Waals surface area contributed by atoms with Crippen LogP contribution in [-0.2, 0) is 22.5 Å². The van der Waals surface area contributed by atoms with Crippen molar-refractivity contribution in [1.82, 2.24) is 19.9 Å². The Balaban J connectivity index is 1.41. The Bertz CT molecular complexity index is 1200. The fourth-order valence-corrected chi connectivity index (χ4v) is 5.86. The number of morpholine rings is 1. The SMILES string of the molecule is CC1COCCN1c1nc2c(c(-c3c[nH]c4ccccc34)n1)CCN(C(=O)C1CCCCC1)C2. The summed E-state index contributed by atoms with van der Waals surface area (Å²) in [5.74, 6) is 1.25. The first-order valence-electron chi connectivity index (χ1n) is 12.8. The number of ether oxygens (including phenoxy) is 1. The van der Waals surface area contributed by atoms with Crippen molar-refractivity contribution in [3.05, 3.63) is 41.7 Å². The molecule has 3 aromatic rings. The lowest BCUT2D eigenvalue weighted by Crippen LogP contribution is -2.45. The number of carbonyl (C=O) groups is 1. The van der Waals surface area contributed by atoms with Crippen LogP contribution in [0.15, 0.2) is 30.5 Å². The second kappa shape index (κ2) is 9.02. The summed E-state index contributed by atoms with van der Waals surface area (Å²) in [6.07, 6.45) is 8.53. The Labute approximate surface area is 200 Å². The molecule has 1 aliphatic carbocycles. The summed E-state index contributed by atoms with van der Waals surface area (Å²) in [6.45, 7) is 5.61. The van der Waals surface area contributed by atoms with Crippen molar-refractivity contribution in [2.75, 3.05) is 31.2 Å². The van der Waals surface area contributed by atoms with Crippen molar-refractivity contribution in [2.24, 2.45) is 5.92 Å². The Morgan fingerprint density at radius 2 is 1.97 bits per heavy atom. The molecule has 1 amide bonds. The zero-order valence-corrected chi connectivity index (χ0v) is 19.9. The largest absolute Gasteiger partial charge is 0.377 e. The average Bonchev–Trinajstić information content (AvgIpc) is 3.32. The number of fused-ring (bicyclic) bond motifs is 2. The third-order valence-corrected chi connectivity index (χ3v) is 7.79. The highest BCUT2D eigenvalue weighted by Gasteiger charge is 2.32. The Morgan fingerprint density at radius 1 is 1.12 bits per heavy atom. The highest BCUT2D eigenvalue weighted by molar-refractivity contribution is 5.95. The van der Waals surface area contributed by atoms with E-state index in [9.17, 15) is 4.79 Å². The van der Waals surface area contributed by atoms with E-state index in [0.717, 1.165) is 60.8 Å². The first kappa shape index (κ1) is 21.6. The zero-order valence-electron chi connectivity index (χ0n) is 19.9. The van der Waals surface area contributed by atoms with E-state index in [1.807, 2.05) is 6.07 Å². The summed E-state index contributed by atoms with van der Waals surface area (Å²) in [5.41, 5.74) is 5.40. The molecule has 0 radical (unpaired) electrons. The van der Waals surface area contributed by atoms with Crippen LogP contribution in [-0.4, -0.2) is 58.1 Å². The minimum Gasteiger partial charge on any atom is -0.377 e. The molecule has 0 spiro atoms. The fourth-order valence-electron chi connectivity index (χ4n) is 5.86. The summed E-state index contributed by atoms with van der Waals surface area (Å²) in [7, 11) is 0. The standard InChI is InChI=1S/C27H33N5O2/c1-18-17-34-14-13-32(18)27-29-24-16-31(26(33)19-7-3-2-4-8-19)12-11-21(24)25(30-27)22-15-28-23-10-6-5-9-20(22)23/h5-6,9-10,15,18-19,28H,2-4,7-8,11-14,16-17H2,1H3. The number of carbonyl (C=O) groups excluding carboxylic acids is 1. The molecule has 1 saturated carbocycles. The molecule has 1 aromatic carbocycles. The predicted octanol–water partition coefficient (Wildman–Crippen LogP) is 4.32. The van der Waals surface area contributed by atoms with Gasteiger partial charge in [0.2, 0.25) is 11.9 Å². The molecule has 34 heavy (non-hydrogen) atoms. The van der Waals surface area contributed by atoms with Gasteiger partial charge in [0.15, 0.2) is 0 Å². The van der Waals surface area contributed by atoms with Crippen LogP contribution in [0.4, 0.5) is 5.95 Å². The van der Waals surface area contributed by atoms with Crippen LogP contribution in [0.5, 0.6) is 0 Å². The van der Waals surface area contributed by atoms with Crippen LogP contribution >= 0.6 is 0 Å². The van der Waals surface area contributed by atoms with E-state index in [2.05, 4.69) is 46.1 Å². The number of rotatable bonds is 3. The molecular weight excluding hydrogens is 426 g/mol. The third-order valence-electron chi connectivity index (χ3n) is 7.79. The summed E-state index contributed by atoms with van der Waals surface area (Å²) < 4.78 is 5.67. The molecule has 1 unspecified atom stereocenters. The number of benzene rings is 1. The van der Waals surface area contributed by atoms with Gasteiger partial charge in [-0.1, -0.05) is 37.5 Å². The lowest BCUT2D eigenvalue weighted by molar-refractivity contribution is -0.137. The van der Waals surface area contributed by atoms with Crippen LogP contribution in [0.3, 0.4) is 0 Å². The van der Waals surface area contributed by atoms with Crippen LogP contribution < -0.4 is 4.90 Å². The van der Waals surface area contributed by atoms with Crippen molar-refractivity contribution in [2.45, 2.75) is 58.0 Å². The fraction of sp³-hybridized carbons (Fsp3) is 0.519. The molecular formula is C27H33N5O2.